The lowest BCUT2D eigenvalue weighted by molar-refractivity contribution is 0.203. The number of hydrogen-bond acceptors (Lipinski definition) is 4. The van der Waals surface area contributed by atoms with E-state index in [0.717, 1.165) is 56.9 Å². The minimum Gasteiger partial charge on any atom is -0.488 e. The lowest BCUT2D eigenvalue weighted by Crippen LogP contribution is -2.23. The summed E-state index contributed by atoms with van der Waals surface area (Å²) in [6.45, 7) is 8.53. The molecule has 156 valence electrons. The van der Waals surface area contributed by atoms with Gasteiger partial charge in [-0.15, -0.1) is 0 Å². The molecule has 29 heavy (non-hydrogen) atoms. The quantitative estimate of drug-likeness (QED) is 0.738. The minimum atomic E-state index is 0.280. The maximum atomic E-state index is 6.51. The van der Waals surface area contributed by atoms with Crippen LogP contribution in [0.3, 0.4) is 0 Å². The maximum Gasteiger partial charge on any atom is 0.126 e. The van der Waals surface area contributed by atoms with Gasteiger partial charge in [-0.2, -0.15) is 0 Å². The number of benzene rings is 2. The van der Waals surface area contributed by atoms with Crippen LogP contribution in [0.1, 0.15) is 35.1 Å². The molecule has 0 bridgehead atoms. The van der Waals surface area contributed by atoms with Crippen molar-refractivity contribution in [1.82, 2.24) is 9.80 Å². The van der Waals surface area contributed by atoms with E-state index in [1.165, 1.54) is 22.3 Å². The SMILES string of the molecule is Cc1cccc(Cc2cccc(C)c2OC2CCN(C)C2)c1OC1CCN(C)C1. The summed E-state index contributed by atoms with van der Waals surface area (Å²) in [5.41, 5.74) is 4.92. The molecule has 0 radical (unpaired) electrons. The number of hydrogen-bond donors (Lipinski definition) is 0. The fourth-order valence-corrected chi connectivity index (χ4v) is 4.56. The molecule has 2 aromatic rings. The summed E-state index contributed by atoms with van der Waals surface area (Å²) in [5.74, 6) is 2.11. The highest BCUT2D eigenvalue weighted by Crippen LogP contribution is 2.33. The summed E-state index contributed by atoms with van der Waals surface area (Å²) in [7, 11) is 4.33. The Balaban J connectivity index is 1.58. The molecule has 0 aliphatic carbocycles. The van der Waals surface area contributed by atoms with E-state index in [1.54, 1.807) is 0 Å². The van der Waals surface area contributed by atoms with Gasteiger partial charge in [0.1, 0.15) is 23.7 Å². The molecule has 2 aliphatic rings. The number of likely N-dealkylation sites (tertiary alicyclic amines) is 2. The van der Waals surface area contributed by atoms with Crippen LogP contribution < -0.4 is 9.47 Å². The average Bonchev–Trinajstić information content (AvgIpc) is 3.28. The first-order chi connectivity index (χ1) is 14.0. The molecule has 2 unspecified atom stereocenters. The molecule has 4 nitrogen and oxygen atoms in total. The lowest BCUT2D eigenvalue weighted by atomic mass is 9.99. The van der Waals surface area contributed by atoms with Crippen LogP contribution in [0.5, 0.6) is 11.5 Å². The van der Waals surface area contributed by atoms with Gasteiger partial charge < -0.3 is 19.3 Å². The molecule has 2 fully saturated rings. The predicted octanol–water partition coefficient (Wildman–Crippen LogP) is 4.06. The van der Waals surface area contributed by atoms with E-state index >= 15 is 0 Å². The first-order valence-corrected chi connectivity index (χ1v) is 10.9. The normalized spacial score (nSPS) is 22.9. The van der Waals surface area contributed by atoms with Crippen LogP contribution in [-0.4, -0.2) is 62.3 Å². The Morgan fingerprint density at radius 3 is 1.59 bits per heavy atom. The standard InChI is InChI=1S/C25H34N2O2/c1-18-7-5-9-20(24(18)28-22-11-13-26(3)16-22)15-21-10-6-8-19(2)25(21)29-23-12-14-27(4)17-23/h5-10,22-23H,11-17H2,1-4H3. The highest BCUT2D eigenvalue weighted by atomic mass is 16.5. The molecule has 2 heterocycles. The molecule has 0 amide bonds. The van der Waals surface area contributed by atoms with E-state index in [1.807, 2.05) is 0 Å². The van der Waals surface area contributed by atoms with Crippen molar-refractivity contribution in [3.8, 4) is 11.5 Å². The van der Waals surface area contributed by atoms with Crippen LogP contribution in [0.25, 0.3) is 0 Å². The molecular formula is C25H34N2O2. The number of ether oxygens (including phenoxy) is 2. The van der Waals surface area contributed by atoms with Gasteiger partial charge in [0.25, 0.3) is 0 Å². The highest BCUT2D eigenvalue weighted by Gasteiger charge is 2.25. The summed E-state index contributed by atoms with van der Waals surface area (Å²) in [5, 5.41) is 0. The molecule has 2 saturated heterocycles. The second-order valence-corrected chi connectivity index (χ2v) is 8.88. The van der Waals surface area contributed by atoms with Crippen LogP contribution in [0, 0.1) is 13.8 Å². The predicted molar refractivity (Wildman–Crippen MR) is 118 cm³/mol. The Kier molecular flexibility index (Phi) is 6.12. The molecular weight excluding hydrogens is 360 g/mol. The minimum absolute atomic E-state index is 0.280. The molecule has 0 saturated carbocycles. The van der Waals surface area contributed by atoms with Gasteiger partial charge in [-0.1, -0.05) is 36.4 Å². The van der Waals surface area contributed by atoms with E-state index < -0.39 is 0 Å². The van der Waals surface area contributed by atoms with Gasteiger partial charge in [0, 0.05) is 32.6 Å². The van der Waals surface area contributed by atoms with E-state index in [4.69, 9.17) is 9.47 Å². The zero-order valence-corrected chi connectivity index (χ0v) is 18.3. The van der Waals surface area contributed by atoms with Crippen LogP contribution in [0.2, 0.25) is 0 Å². The van der Waals surface area contributed by atoms with Gasteiger partial charge in [-0.25, -0.2) is 0 Å². The molecule has 0 N–H and O–H groups in total. The molecule has 4 heteroatoms. The second-order valence-electron chi connectivity index (χ2n) is 8.88. The van der Waals surface area contributed by atoms with Gasteiger partial charge in [0.05, 0.1) is 0 Å². The monoisotopic (exact) mass is 394 g/mol. The topological polar surface area (TPSA) is 24.9 Å². The second kappa shape index (κ2) is 8.76. The molecule has 2 aromatic carbocycles. The average molecular weight is 395 g/mol. The Morgan fingerprint density at radius 1 is 0.759 bits per heavy atom. The highest BCUT2D eigenvalue weighted by molar-refractivity contribution is 5.48. The maximum absolute atomic E-state index is 6.51. The van der Waals surface area contributed by atoms with Gasteiger partial charge in [-0.3, -0.25) is 0 Å². The van der Waals surface area contributed by atoms with E-state index in [9.17, 15) is 0 Å². The third-order valence-corrected chi connectivity index (χ3v) is 6.23. The number of nitrogens with zero attached hydrogens (tertiary/aromatic N) is 2. The van der Waals surface area contributed by atoms with Crippen LogP contribution >= 0.6 is 0 Å². The van der Waals surface area contributed by atoms with Crippen molar-refractivity contribution in [2.45, 2.75) is 45.3 Å². The van der Waals surface area contributed by atoms with Crippen LogP contribution in [0.4, 0.5) is 0 Å². The van der Waals surface area contributed by atoms with E-state index in [0.29, 0.717) is 0 Å². The van der Waals surface area contributed by atoms with Crippen molar-refractivity contribution >= 4 is 0 Å². The summed E-state index contributed by atoms with van der Waals surface area (Å²) in [6, 6.07) is 13.0. The third kappa shape index (κ3) is 4.76. The molecule has 0 spiro atoms. The molecule has 2 aliphatic heterocycles. The van der Waals surface area contributed by atoms with Crippen LogP contribution in [0.15, 0.2) is 36.4 Å². The first kappa shape index (κ1) is 20.2. The van der Waals surface area contributed by atoms with Crippen molar-refractivity contribution in [1.29, 1.82) is 0 Å². The first-order valence-electron chi connectivity index (χ1n) is 10.9. The van der Waals surface area contributed by atoms with E-state index in [-0.39, 0.29) is 12.2 Å². The molecule has 2 atom stereocenters. The Morgan fingerprint density at radius 2 is 1.21 bits per heavy atom. The van der Waals surface area contributed by atoms with Gasteiger partial charge in [-0.05, 0) is 63.0 Å². The number of aryl methyl sites for hydroxylation is 2. The summed E-state index contributed by atoms with van der Waals surface area (Å²) >= 11 is 0. The Labute approximate surface area is 175 Å². The largest absolute Gasteiger partial charge is 0.488 e. The van der Waals surface area contributed by atoms with Crippen LogP contribution in [-0.2, 0) is 6.42 Å². The number of rotatable bonds is 6. The lowest BCUT2D eigenvalue weighted by Gasteiger charge is -2.22. The smallest absolute Gasteiger partial charge is 0.126 e. The van der Waals surface area contributed by atoms with Crippen molar-refractivity contribution < 1.29 is 9.47 Å². The van der Waals surface area contributed by atoms with Crippen molar-refractivity contribution in [2.24, 2.45) is 0 Å². The van der Waals surface area contributed by atoms with Crippen molar-refractivity contribution in [2.75, 3.05) is 40.3 Å². The number of para-hydroxylation sites is 2. The van der Waals surface area contributed by atoms with E-state index in [2.05, 4.69) is 74.1 Å². The van der Waals surface area contributed by atoms with Gasteiger partial charge in [0.2, 0.25) is 0 Å². The fraction of sp³-hybridized carbons (Fsp3) is 0.520. The van der Waals surface area contributed by atoms with Gasteiger partial charge >= 0.3 is 0 Å². The zero-order valence-electron chi connectivity index (χ0n) is 18.3. The zero-order chi connectivity index (χ0) is 20.4. The fourth-order valence-electron chi connectivity index (χ4n) is 4.56. The van der Waals surface area contributed by atoms with Gasteiger partial charge in [0.15, 0.2) is 0 Å². The summed E-state index contributed by atoms with van der Waals surface area (Å²) in [6.07, 6.45) is 3.58. The summed E-state index contributed by atoms with van der Waals surface area (Å²) in [4.78, 5) is 4.68. The van der Waals surface area contributed by atoms with Crippen molar-refractivity contribution in [3.63, 3.8) is 0 Å². The third-order valence-electron chi connectivity index (χ3n) is 6.23. The Hall–Kier alpha value is -2.04. The Bertz CT molecular complexity index is 781. The molecule has 0 aromatic heterocycles. The molecule has 4 rings (SSSR count). The van der Waals surface area contributed by atoms with Crippen molar-refractivity contribution in [3.05, 3.63) is 58.7 Å². The summed E-state index contributed by atoms with van der Waals surface area (Å²) < 4.78 is 13.0. The number of likely N-dealkylation sites (N-methyl/N-ethyl adjacent to an activating group) is 2.